The van der Waals surface area contributed by atoms with Crippen molar-refractivity contribution in [3.05, 3.63) is 12.2 Å². The molecule has 202 valence electrons. The number of aliphatic hydroxyl groups excluding tert-OH is 2. The number of carbonyl (C=O) groups is 1. The van der Waals surface area contributed by atoms with Gasteiger partial charge in [-0.25, -0.2) is 0 Å². The molecule has 0 saturated heterocycles. The number of amides is 1. The summed E-state index contributed by atoms with van der Waals surface area (Å²) in [7, 11) is 0. The molecule has 0 saturated carbocycles. The van der Waals surface area contributed by atoms with Gasteiger partial charge in [0, 0.05) is 7.79 Å². The number of unbranched alkanes of at least 4 members (excludes halogenated alkanes) is 19. The van der Waals surface area contributed by atoms with Crippen LogP contribution in [0.25, 0.3) is 0 Å². The SMILES string of the molecule is [2H]CCCCCCCCCCCC(=O)N[C@@H](CO)[C@H](O)/C=C/CCCCCCCCCCCCC. The summed E-state index contributed by atoms with van der Waals surface area (Å²) in [4.78, 5) is 12.2. The molecule has 0 aromatic carbocycles. The Hall–Kier alpha value is -0.870. The zero-order chi connectivity index (χ0) is 25.8. The summed E-state index contributed by atoms with van der Waals surface area (Å²) in [5, 5.41) is 22.7. The van der Waals surface area contributed by atoms with Gasteiger partial charge in [0.2, 0.25) is 5.91 Å². The smallest absolute Gasteiger partial charge is 0.220 e. The lowest BCUT2D eigenvalue weighted by atomic mass is 10.0. The number of hydrogen-bond acceptors (Lipinski definition) is 3. The van der Waals surface area contributed by atoms with Gasteiger partial charge in [0.15, 0.2) is 0 Å². The van der Waals surface area contributed by atoms with Crippen LogP contribution in [-0.2, 0) is 4.79 Å². The minimum absolute atomic E-state index is 0.0859. The lowest BCUT2D eigenvalue weighted by molar-refractivity contribution is -0.123. The van der Waals surface area contributed by atoms with E-state index >= 15 is 0 Å². The summed E-state index contributed by atoms with van der Waals surface area (Å²) in [6.45, 7) is 2.55. The van der Waals surface area contributed by atoms with Gasteiger partial charge in [-0.1, -0.05) is 142 Å². The van der Waals surface area contributed by atoms with Crippen molar-refractivity contribution in [1.29, 1.82) is 0 Å². The Bertz CT molecular complexity index is 473. The average Bonchev–Trinajstić information content (AvgIpc) is 2.86. The second kappa shape index (κ2) is 26.7. The molecule has 0 aliphatic carbocycles. The van der Waals surface area contributed by atoms with Crippen molar-refractivity contribution >= 4 is 5.91 Å². The quantitative estimate of drug-likeness (QED) is 0.0863. The van der Waals surface area contributed by atoms with Gasteiger partial charge in [-0.2, -0.15) is 0 Å². The van der Waals surface area contributed by atoms with Crippen molar-refractivity contribution in [3.63, 3.8) is 0 Å². The number of allylic oxidation sites excluding steroid dienone is 1. The van der Waals surface area contributed by atoms with Crippen LogP contribution in [0.1, 0.15) is 156 Å². The Balaban J connectivity index is 3.67. The molecule has 0 aromatic heterocycles. The van der Waals surface area contributed by atoms with Gasteiger partial charge in [-0.3, -0.25) is 4.79 Å². The van der Waals surface area contributed by atoms with E-state index in [2.05, 4.69) is 12.2 Å². The van der Waals surface area contributed by atoms with Crippen LogP contribution in [0.2, 0.25) is 0 Å². The average molecular weight is 483 g/mol. The fourth-order valence-electron chi connectivity index (χ4n) is 4.34. The van der Waals surface area contributed by atoms with Crippen LogP contribution in [0.15, 0.2) is 12.2 Å². The highest BCUT2D eigenvalue weighted by Gasteiger charge is 2.17. The molecule has 0 aromatic rings. The molecular formula is C30H59NO3. The zero-order valence-electron chi connectivity index (χ0n) is 23.6. The van der Waals surface area contributed by atoms with E-state index in [9.17, 15) is 15.0 Å². The van der Waals surface area contributed by atoms with Crippen LogP contribution in [0.3, 0.4) is 0 Å². The van der Waals surface area contributed by atoms with Crippen LogP contribution in [0, 0.1) is 0 Å². The van der Waals surface area contributed by atoms with Crippen LogP contribution in [-0.4, -0.2) is 34.9 Å². The van der Waals surface area contributed by atoms with Gasteiger partial charge in [0.05, 0.1) is 18.8 Å². The Labute approximate surface area is 213 Å². The van der Waals surface area contributed by atoms with E-state index in [0.29, 0.717) is 13.3 Å². The van der Waals surface area contributed by atoms with Gasteiger partial charge in [0.1, 0.15) is 0 Å². The van der Waals surface area contributed by atoms with E-state index in [1.54, 1.807) is 6.08 Å². The van der Waals surface area contributed by atoms with Gasteiger partial charge < -0.3 is 15.5 Å². The molecule has 0 unspecified atom stereocenters. The topological polar surface area (TPSA) is 69.6 Å². The molecule has 0 aliphatic heterocycles. The van der Waals surface area contributed by atoms with E-state index in [0.717, 1.165) is 38.5 Å². The second-order valence-corrected chi connectivity index (χ2v) is 10.0. The normalized spacial score (nSPS) is 13.8. The third-order valence-corrected chi connectivity index (χ3v) is 6.67. The highest BCUT2D eigenvalue weighted by molar-refractivity contribution is 5.76. The van der Waals surface area contributed by atoms with Crippen molar-refractivity contribution in [3.8, 4) is 0 Å². The number of nitrogens with one attached hydrogen (secondary N) is 1. The monoisotopic (exact) mass is 482 g/mol. The minimum atomic E-state index is -0.841. The van der Waals surface area contributed by atoms with Crippen LogP contribution in [0.5, 0.6) is 0 Å². The molecule has 34 heavy (non-hydrogen) atoms. The molecule has 4 heteroatoms. The van der Waals surface area contributed by atoms with Crippen molar-refractivity contribution in [2.24, 2.45) is 0 Å². The molecule has 0 rings (SSSR count). The summed E-state index contributed by atoms with van der Waals surface area (Å²) in [5.41, 5.74) is 0. The van der Waals surface area contributed by atoms with E-state index in [1.165, 1.54) is 96.3 Å². The molecule has 0 spiro atoms. The van der Waals surface area contributed by atoms with Crippen LogP contribution >= 0.6 is 0 Å². The number of carbonyl (C=O) groups excluding carboxylic acids is 1. The molecule has 0 bridgehead atoms. The molecule has 0 heterocycles. The Kier molecular flexibility index (Phi) is 24.5. The fourth-order valence-corrected chi connectivity index (χ4v) is 4.34. The highest BCUT2D eigenvalue weighted by Crippen LogP contribution is 2.13. The molecule has 2 atom stereocenters. The van der Waals surface area contributed by atoms with E-state index in [1.807, 2.05) is 6.08 Å². The maximum atomic E-state index is 12.2. The first-order valence-electron chi connectivity index (χ1n) is 15.4. The third kappa shape index (κ3) is 22.9. The van der Waals surface area contributed by atoms with Gasteiger partial charge in [-0.05, 0) is 19.3 Å². The first-order chi connectivity index (χ1) is 17.2. The van der Waals surface area contributed by atoms with Gasteiger partial charge in [-0.15, -0.1) is 0 Å². The lowest BCUT2D eigenvalue weighted by Gasteiger charge is -2.20. The summed E-state index contributed by atoms with van der Waals surface area (Å²) < 4.78 is 7.13. The van der Waals surface area contributed by atoms with Crippen LogP contribution in [0.4, 0.5) is 0 Å². The molecule has 3 N–H and O–H groups in total. The number of rotatable bonds is 26. The van der Waals surface area contributed by atoms with Crippen molar-refractivity contribution in [2.45, 2.75) is 167 Å². The Morgan fingerprint density at radius 1 is 0.765 bits per heavy atom. The molecule has 0 fully saturated rings. The molecule has 0 radical (unpaired) electrons. The Morgan fingerprint density at radius 3 is 1.74 bits per heavy atom. The standard InChI is InChI=1S/C30H59NO3/c1-3-5-7-9-11-13-14-15-16-18-19-21-23-25-29(33)28(27-32)31-30(34)26-24-22-20-17-12-10-8-6-4-2/h23,25,28-29,32-33H,3-22,24,26-27H2,1-2H3,(H,31,34)/b25-23+/t28-,29+/m0/s1/i2D. The summed E-state index contributed by atoms with van der Waals surface area (Å²) >= 11 is 0. The maximum Gasteiger partial charge on any atom is 0.220 e. The summed E-state index contributed by atoms with van der Waals surface area (Å²) in [5.74, 6) is -0.0859. The third-order valence-electron chi connectivity index (χ3n) is 6.67. The predicted octanol–water partition coefficient (Wildman–Crippen LogP) is 8.00. The number of aliphatic hydroxyl groups is 2. The van der Waals surface area contributed by atoms with Gasteiger partial charge in [0.25, 0.3) is 0 Å². The first-order valence-corrected chi connectivity index (χ1v) is 14.7. The van der Waals surface area contributed by atoms with E-state index < -0.39 is 12.1 Å². The summed E-state index contributed by atoms with van der Waals surface area (Å²) in [6.07, 6.45) is 29.0. The van der Waals surface area contributed by atoms with E-state index in [4.69, 9.17) is 1.37 Å². The van der Waals surface area contributed by atoms with Crippen molar-refractivity contribution in [1.82, 2.24) is 5.32 Å². The first kappa shape index (κ1) is 31.2. The van der Waals surface area contributed by atoms with Crippen LogP contribution < -0.4 is 5.32 Å². The lowest BCUT2D eigenvalue weighted by Crippen LogP contribution is -2.45. The molecule has 4 nitrogen and oxygen atoms in total. The number of hydrogen-bond donors (Lipinski definition) is 3. The maximum absolute atomic E-state index is 12.2. The highest BCUT2D eigenvalue weighted by atomic mass is 16.3. The van der Waals surface area contributed by atoms with E-state index in [-0.39, 0.29) is 12.5 Å². The zero-order valence-corrected chi connectivity index (χ0v) is 22.6. The summed E-state index contributed by atoms with van der Waals surface area (Å²) in [6, 6.07) is -0.625. The van der Waals surface area contributed by atoms with Crippen molar-refractivity contribution in [2.75, 3.05) is 6.61 Å². The molecular weight excluding hydrogens is 422 g/mol. The minimum Gasteiger partial charge on any atom is -0.394 e. The largest absolute Gasteiger partial charge is 0.394 e. The van der Waals surface area contributed by atoms with Crippen molar-refractivity contribution < 1.29 is 16.4 Å². The second-order valence-electron chi connectivity index (χ2n) is 10.0. The molecule has 1 amide bonds. The molecule has 0 aliphatic rings. The fraction of sp³-hybridized carbons (Fsp3) is 0.900. The Morgan fingerprint density at radius 2 is 1.24 bits per heavy atom. The predicted molar refractivity (Wildman–Crippen MR) is 147 cm³/mol. The van der Waals surface area contributed by atoms with Gasteiger partial charge >= 0.3 is 0 Å².